The van der Waals surface area contributed by atoms with Crippen LogP contribution >= 0.6 is 0 Å². The van der Waals surface area contributed by atoms with E-state index in [0.717, 1.165) is 0 Å². The van der Waals surface area contributed by atoms with Crippen LogP contribution in [-0.4, -0.2) is 33.0 Å². The molecule has 0 saturated carbocycles. The van der Waals surface area contributed by atoms with Crippen LogP contribution in [0.15, 0.2) is 23.1 Å². The van der Waals surface area contributed by atoms with Crippen molar-refractivity contribution in [3.63, 3.8) is 0 Å². The van der Waals surface area contributed by atoms with Crippen LogP contribution in [0.4, 0.5) is 0 Å². The Balaban J connectivity index is 2.88. The van der Waals surface area contributed by atoms with Gasteiger partial charge in [-0.25, -0.2) is 0 Å². The Morgan fingerprint density at radius 1 is 1.46 bits per heavy atom. The normalized spacial score (nSPS) is 15.3. The molecule has 0 aromatic carbocycles. The second-order valence-corrected chi connectivity index (χ2v) is 2.68. The maximum absolute atomic E-state index is 10.8. The van der Waals surface area contributed by atoms with Gasteiger partial charge in [-0.1, -0.05) is 0 Å². The molecule has 2 unspecified atom stereocenters. The molecule has 5 heteroatoms. The molecule has 72 valence electrons. The Kier molecular flexibility index (Phi) is 3.18. The fourth-order valence-corrected chi connectivity index (χ4v) is 0.967. The van der Waals surface area contributed by atoms with Gasteiger partial charge in [-0.15, -0.1) is 0 Å². The summed E-state index contributed by atoms with van der Waals surface area (Å²) in [5.74, 6) is 0. The van der Waals surface area contributed by atoms with E-state index >= 15 is 0 Å². The highest BCUT2D eigenvalue weighted by molar-refractivity contribution is 5.14. The fraction of sp³-hybridized carbons (Fsp3) is 0.375. The third-order valence-electron chi connectivity index (χ3n) is 1.69. The molecule has 0 saturated heterocycles. The molecule has 0 aliphatic heterocycles. The monoisotopic (exact) mass is 185 g/mol. The van der Waals surface area contributed by atoms with Crippen LogP contribution in [-0.2, 0) is 0 Å². The predicted molar refractivity (Wildman–Crippen MR) is 45.1 cm³/mol. The maximum atomic E-state index is 10.8. The van der Waals surface area contributed by atoms with Crippen LogP contribution in [0.2, 0.25) is 0 Å². The second-order valence-electron chi connectivity index (χ2n) is 2.68. The number of hydrogen-bond donors (Lipinski definition) is 4. The molecule has 1 heterocycles. The highest BCUT2D eigenvalue weighted by Crippen LogP contribution is 2.13. The highest BCUT2D eigenvalue weighted by Gasteiger charge is 2.17. The van der Waals surface area contributed by atoms with Crippen LogP contribution < -0.4 is 5.56 Å². The summed E-state index contributed by atoms with van der Waals surface area (Å²) in [4.78, 5) is 13.2. The van der Waals surface area contributed by atoms with Crippen molar-refractivity contribution in [3.05, 3.63) is 34.2 Å². The Hall–Kier alpha value is -1.17. The molecule has 1 aromatic heterocycles. The van der Waals surface area contributed by atoms with E-state index in [2.05, 4.69) is 4.98 Å². The van der Waals surface area contributed by atoms with Crippen LogP contribution in [0.5, 0.6) is 0 Å². The van der Waals surface area contributed by atoms with Gasteiger partial charge in [-0.3, -0.25) is 4.79 Å². The topological polar surface area (TPSA) is 93.6 Å². The summed E-state index contributed by atoms with van der Waals surface area (Å²) in [7, 11) is 0. The number of aromatic amines is 1. The van der Waals surface area contributed by atoms with E-state index in [1.807, 2.05) is 0 Å². The first kappa shape index (κ1) is 9.91. The van der Waals surface area contributed by atoms with Crippen molar-refractivity contribution in [1.82, 2.24) is 4.98 Å². The van der Waals surface area contributed by atoms with E-state index < -0.39 is 18.8 Å². The van der Waals surface area contributed by atoms with Crippen molar-refractivity contribution in [1.29, 1.82) is 0 Å². The summed E-state index contributed by atoms with van der Waals surface area (Å²) in [6, 6.07) is 2.63. The Labute approximate surface area is 74.3 Å². The molecular formula is C8H11NO4. The van der Waals surface area contributed by atoms with Crippen molar-refractivity contribution in [2.75, 3.05) is 6.61 Å². The molecule has 13 heavy (non-hydrogen) atoms. The number of nitrogens with one attached hydrogen (secondary N) is 1. The van der Waals surface area contributed by atoms with Crippen LogP contribution in [0.25, 0.3) is 0 Å². The molecule has 0 radical (unpaired) electrons. The molecule has 0 aliphatic rings. The molecule has 0 amide bonds. The summed E-state index contributed by atoms with van der Waals surface area (Å²) in [6.07, 6.45) is -1.13. The minimum Gasteiger partial charge on any atom is -0.394 e. The zero-order valence-corrected chi connectivity index (χ0v) is 6.84. The quantitative estimate of drug-likeness (QED) is 0.474. The summed E-state index contributed by atoms with van der Waals surface area (Å²) in [6.45, 7) is -0.548. The van der Waals surface area contributed by atoms with Gasteiger partial charge in [0, 0.05) is 12.3 Å². The zero-order chi connectivity index (χ0) is 9.84. The van der Waals surface area contributed by atoms with Gasteiger partial charge in [0.15, 0.2) is 0 Å². The van der Waals surface area contributed by atoms with Crippen LogP contribution in [0.3, 0.4) is 0 Å². The molecule has 0 aliphatic carbocycles. The highest BCUT2D eigenvalue weighted by atomic mass is 16.4. The number of hydrogen-bond acceptors (Lipinski definition) is 4. The molecule has 0 spiro atoms. The molecule has 1 rings (SSSR count). The Bertz CT molecular complexity index is 322. The van der Waals surface area contributed by atoms with E-state index in [1.165, 1.54) is 18.3 Å². The Morgan fingerprint density at radius 3 is 2.69 bits per heavy atom. The predicted octanol–water partition coefficient (Wildman–Crippen LogP) is -1.24. The van der Waals surface area contributed by atoms with E-state index in [-0.39, 0.29) is 11.1 Å². The second kappa shape index (κ2) is 4.18. The first-order valence-corrected chi connectivity index (χ1v) is 3.81. The van der Waals surface area contributed by atoms with Gasteiger partial charge in [0.05, 0.1) is 6.61 Å². The van der Waals surface area contributed by atoms with E-state index in [9.17, 15) is 9.90 Å². The minimum atomic E-state index is -1.26. The SMILES string of the molecule is O=c1cc(C(O)C(O)CO)cc[nH]1. The van der Waals surface area contributed by atoms with E-state index in [1.54, 1.807) is 0 Å². The van der Waals surface area contributed by atoms with Crippen molar-refractivity contribution in [2.24, 2.45) is 0 Å². The summed E-state index contributed by atoms with van der Waals surface area (Å²) >= 11 is 0. The third-order valence-corrected chi connectivity index (χ3v) is 1.69. The van der Waals surface area contributed by atoms with Crippen LogP contribution in [0, 0.1) is 0 Å². The van der Waals surface area contributed by atoms with Gasteiger partial charge in [0.25, 0.3) is 0 Å². The number of rotatable bonds is 3. The summed E-state index contributed by atoms with van der Waals surface area (Å²) in [5, 5.41) is 26.9. The van der Waals surface area contributed by atoms with E-state index in [4.69, 9.17) is 10.2 Å². The number of pyridine rings is 1. The number of aliphatic hydroxyl groups is 3. The van der Waals surface area contributed by atoms with Gasteiger partial charge < -0.3 is 20.3 Å². The van der Waals surface area contributed by atoms with Gasteiger partial charge in [-0.05, 0) is 11.6 Å². The fourth-order valence-electron chi connectivity index (χ4n) is 0.967. The smallest absolute Gasteiger partial charge is 0.248 e. The maximum Gasteiger partial charge on any atom is 0.248 e. The lowest BCUT2D eigenvalue weighted by molar-refractivity contribution is -0.0153. The number of H-pyrrole nitrogens is 1. The Morgan fingerprint density at radius 2 is 2.15 bits per heavy atom. The summed E-state index contributed by atoms with van der Waals surface area (Å²) < 4.78 is 0. The molecule has 0 bridgehead atoms. The summed E-state index contributed by atoms with van der Waals surface area (Å²) in [5.41, 5.74) is -0.0769. The van der Waals surface area contributed by atoms with Gasteiger partial charge in [0.2, 0.25) is 5.56 Å². The molecule has 0 fully saturated rings. The largest absolute Gasteiger partial charge is 0.394 e. The van der Waals surface area contributed by atoms with E-state index in [0.29, 0.717) is 0 Å². The average molecular weight is 185 g/mol. The van der Waals surface area contributed by atoms with Gasteiger partial charge in [-0.2, -0.15) is 0 Å². The lowest BCUT2D eigenvalue weighted by atomic mass is 10.1. The molecule has 4 N–H and O–H groups in total. The van der Waals surface area contributed by atoms with Crippen molar-refractivity contribution in [3.8, 4) is 0 Å². The van der Waals surface area contributed by atoms with Gasteiger partial charge in [0.1, 0.15) is 12.2 Å². The molecule has 5 nitrogen and oxygen atoms in total. The van der Waals surface area contributed by atoms with Crippen molar-refractivity contribution >= 4 is 0 Å². The lowest BCUT2D eigenvalue weighted by Gasteiger charge is -2.14. The minimum absolute atomic E-state index is 0.283. The van der Waals surface area contributed by atoms with Crippen LogP contribution in [0.1, 0.15) is 11.7 Å². The number of aliphatic hydroxyl groups excluding tert-OH is 3. The molecular weight excluding hydrogens is 174 g/mol. The number of aromatic nitrogens is 1. The van der Waals surface area contributed by atoms with Crippen molar-refractivity contribution < 1.29 is 15.3 Å². The first-order chi connectivity index (χ1) is 6.15. The lowest BCUT2D eigenvalue weighted by Crippen LogP contribution is -2.23. The standard InChI is InChI=1S/C8H11NO4/c10-4-6(11)8(13)5-1-2-9-7(12)3-5/h1-3,6,8,10-11,13H,4H2,(H,9,12). The average Bonchev–Trinajstić information content (AvgIpc) is 2.15. The molecule has 2 atom stereocenters. The third kappa shape index (κ3) is 2.38. The van der Waals surface area contributed by atoms with Crippen molar-refractivity contribution in [2.45, 2.75) is 12.2 Å². The van der Waals surface area contributed by atoms with Gasteiger partial charge >= 0.3 is 0 Å². The first-order valence-electron chi connectivity index (χ1n) is 3.81. The zero-order valence-electron chi connectivity index (χ0n) is 6.84. The molecule has 1 aromatic rings.